The Morgan fingerprint density at radius 3 is 2.06 bits per heavy atom. The number of halogens is 2. The van der Waals surface area contributed by atoms with E-state index >= 15 is 4.39 Å². The summed E-state index contributed by atoms with van der Waals surface area (Å²) < 4.78 is 31.3. The van der Waals surface area contributed by atoms with Crippen molar-refractivity contribution in [3.8, 4) is 39.5 Å². The van der Waals surface area contributed by atoms with E-state index < -0.39 is 11.6 Å². The molecular weight excluding hydrogens is 623 g/mol. The Hall–Kier alpha value is -5.62. The zero-order valence-corrected chi connectivity index (χ0v) is 29.1. The molecule has 1 N–H and O–H groups in total. The first-order valence-electron chi connectivity index (χ1n) is 17.0. The topological polar surface area (TPSA) is 46.5 Å². The molecule has 8 rings (SSSR count). The molecule has 0 radical (unpaired) electrons. The molecule has 6 heteroatoms. The first kappa shape index (κ1) is 31.6. The third-order valence-corrected chi connectivity index (χ3v) is 9.63. The van der Waals surface area contributed by atoms with E-state index in [9.17, 15) is 4.39 Å². The average molecular weight is 661 g/mol. The molecule has 4 aromatic carbocycles. The highest BCUT2D eigenvalue weighted by Gasteiger charge is 2.22. The Labute approximate surface area is 290 Å². The number of hydrogen-bond donors (Lipinski definition) is 1. The third kappa shape index (κ3) is 5.55. The lowest BCUT2D eigenvalue weighted by Gasteiger charge is -2.19. The maximum absolute atomic E-state index is 15.2. The van der Waals surface area contributed by atoms with Crippen LogP contribution in [-0.4, -0.2) is 19.5 Å². The highest BCUT2D eigenvalue weighted by Crippen LogP contribution is 2.38. The smallest absolute Gasteiger partial charge is 0.147 e. The van der Waals surface area contributed by atoms with Gasteiger partial charge in [-0.1, -0.05) is 59.7 Å². The normalized spacial score (nSPS) is 12.4. The lowest BCUT2D eigenvalue weighted by Crippen LogP contribution is -2.10. The lowest BCUT2D eigenvalue weighted by molar-refractivity contribution is 0.585. The molecule has 0 amide bonds. The number of H-pyrrole nitrogens is 1. The maximum Gasteiger partial charge on any atom is 0.147 e. The molecule has 0 saturated carbocycles. The van der Waals surface area contributed by atoms with Crippen LogP contribution in [0.3, 0.4) is 0 Å². The first-order valence-corrected chi connectivity index (χ1v) is 17.0. The van der Waals surface area contributed by atoms with Crippen molar-refractivity contribution in [1.29, 1.82) is 0 Å². The van der Waals surface area contributed by atoms with Gasteiger partial charge in [0.2, 0.25) is 0 Å². The monoisotopic (exact) mass is 660 g/mol. The second-order valence-electron chi connectivity index (χ2n) is 15.2. The fourth-order valence-corrected chi connectivity index (χ4v) is 6.80. The van der Waals surface area contributed by atoms with Crippen LogP contribution in [0.1, 0.15) is 52.7 Å². The Bertz CT molecular complexity index is 2580. The summed E-state index contributed by atoms with van der Waals surface area (Å²) in [6, 6.07) is 34.9. The summed E-state index contributed by atoms with van der Waals surface area (Å²) in [7, 11) is 0. The lowest BCUT2D eigenvalue weighted by atomic mass is 9.86. The molecular formula is C44H38F2N4. The van der Waals surface area contributed by atoms with Crippen LogP contribution in [0.25, 0.3) is 72.3 Å². The van der Waals surface area contributed by atoms with Gasteiger partial charge in [-0.3, -0.25) is 9.55 Å². The van der Waals surface area contributed by atoms with Crippen LogP contribution < -0.4 is 0 Å². The Morgan fingerprint density at radius 2 is 1.34 bits per heavy atom. The zero-order chi connectivity index (χ0) is 34.9. The third-order valence-electron chi connectivity index (χ3n) is 9.63. The predicted octanol–water partition coefficient (Wildman–Crippen LogP) is 11.9. The number of aromatic amines is 1. The number of fused-ring (bicyclic) bond motifs is 4. The van der Waals surface area contributed by atoms with Crippen LogP contribution >= 0.6 is 0 Å². The Balaban J connectivity index is 1.38. The number of aromatic nitrogens is 4. The molecule has 0 bridgehead atoms. The van der Waals surface area contributed by atoms with E-state index in [-0.39, 0.29) is 10.8 Å². The average Bonchev–Trinajstić information content (AvgIpc) is 3.65. The SMILES string of the molecule is CC(C)(C)c1ccc2[nH]c(-n3c4ccc(C(C)(C)C)cc4c4ccc(-c5cc(-c6ccccn6)cc(-c6ccc(F)cc6F)c5)nc43)cc2c1. The highest BCUT2D eigenvalue weighted by atomic mass is 19.1. The fraction of sp³-hybridized carbons (Fsp3) is 0.182. The van der Waals surface area contributed by atoms with Gasteiger partial charge in [0, 0.05) is 50.6 Å². The van der Waals surface area contributed by atoms with Gasteiger partial charge in [0.25, 0.3) is 0 Å². The van der Waals surface area contributed by atoms with Crippen molar-refractivity contribution < 1.29 is 8.78 Å². The van der Waals surface area contributed by atoms with Gasteiger partial charge in [-0.15, -0.1) is 0 Å². The van der Waals surface area contributed by atoms with Gasteiger partial charge in [0.1, 0.15) is 23.1 Å². The van der Waals surface area contributed by atoms with Crippen molar-refractivity contribution in [2.45, 2.75) is 52.4 Å². The van der Waals surface area contributed by atoms with Crippen LogP contribution in [0.2, 0.25) is 0 Å². The summed E-state index contributed by atoms with van der Waals surface area (Å²) in [6.45, 7) is 13.4. The fourth-order valence-electron chi connectivity index (χ4n) is 6.80. The van der Waals surface area contributed by atoms with Crippen molar-refractivity contribution in [3.05, 3.63) is 138 Å². The van der Waals surface area contributed by atoms with Gasteiger partial charge in [0.15, 0.2) is 0 Å². The molecule has 0 fully saturated rings. The Morgan fingerprint density at radius 1 is 0.620 bits per heavy atom. The van der Waals surface area contributed by atoms with Gasteiger partial charge in [-0.25, -0.2) is 13.8 Å². The Kier molecular flexibility index (Phi) is 7.26. The molecule has 0 atom stereocenters. The van der Waals surface area contributed by atoms with Crippen molar-refractivity contribution in [2.75, 3.05) is 0 Å². The van der Waals surface area contributed by atoms with Crippen LogP contribution in [0.4, 0.5) is 8.78 Å². The molecule has 4 heterocycles. The highest BCUT2D eigenvalue weighted by molar-refractivity contribution is 6.09. The number of nitrogens with one attached hydrogen (secondary N) is 1. The molecule has 0 spiro atoms. The number of pyridine rings is 2. The minimum absolute atomic E-state index is 0.0256. The standard InChI is InChI=1S/C44H38F2N4/c1-43(2,3)30-10-15-38-29(22-30)23-41(48-38)50-40-17-11-31(44(4,5)6)24-35(40)34-14-16-39(49-42(34)50)28-20-26(33-13-12-32(45)25-36(33)46)19-27(21-28)37-9-7-8-18-47-37/h7-25,48H,1-6H3. The first-order chi connectivity index (χ1) is 23.8. The molecule has 8 aromatic rings. The van der Waals surface area contributed by atoms with Gasteiger partial charge in [-0.05, 0) is 112 Å². The van der Waals surface area contributed by atoms with Crippen LogP contribution in [0.5, 0.6) is 0 Å². The summed E-state index contributed by atoms with van der Waals surface area (Å²) in [5.41, 5.74) is 9.43. The number of rotatable bonds is 4. The minimum Gasteiger partial charge on any atom is -0.341 e. The van der Waals surface area contributed by atoms with Crippen molar-refractivity contribution in [3.63, 3.8) is 0 Å². The second kappa shape index (κ2) is 11.5. The molecule has 0 unspecified atom stereocenters. The number of benzene rings is 4. The van der Waals surface area contributed by atoms with Crippen LogP contribution in [-0.2, 0) is 10.8 Å². The summed E-state index contributed by atoms with van der Waals surface area (Å²) in [5.74, 6) is -0.315. The number of nitrogens with zero attached hydrogens (tertiary/aromatic N) is 3. The molecule has 0 saturated heterocycles. The van der Waals surface area contributed by atoms with Crippen molar-refractivity contribution >= 4 is 32.8 Å². The predicted molar refractivity (Wildman–Crippen MR) is 202 cm³/mol. The maximum atomic E-state index is 15.2. The van der Waals surface area contributed by atoms with E-state index in [0.29, 0.717) is 11.1 Å². The van der Waals surface area contributed by atoms with E-state index in [2.05, 4.69) is 105 Å². The molecule has 248 valence electrons. The van der Waals surface area contributed by atoms with E-state index in [4.69, 9.17) is 4.98 Å². The molecule has 50 heavy (non-hydrogen) atoms. The van der Waals surface area contributed by atoms with E-state index in [1.165, 1.54) is 23.3 Å². The van der Waals surface area contributed by atoms with Gasteiger partial charge >= 0.3 is 0 Å². The van der Waals surface area contributed by atoms with Crippen molar-refractivity contribution in [2.24, 2.45) is 0 Å². The van der Waals surface area contributed by atoms with E-state index in [0.717, 1.165) is 67.2 Å². The molecule has 4 nitrogen and oxygen atoms in total. The summed E-state index contributed by atoms with van der Waals surface area (Å²) in [5, 5.41) is 3.30. The van der Waals surface area contributed by atoms with E-state index in [1.807, 2.05) is 42.5 Å². The van der Waals surface area contributed by atoms with Gasteiger partial charge in [-0.2, -0.15) is 0 Å². The van der Waals surface area contributed by atoms with Crippen LogP contribution in [0, 0.1) is 11.6 Å². The minimum atomic E-state index is -0.624. The van der Waals surface area contributed by atoms with Crippen LogP contribution in [0.15, 0.2) is 115 Å². The number of hydrogen-bond acceptors (Lipinski definition) is 2. The van der Waals surface area contributed by atoms with Gasteiger partial charge < -0.3 is 4.98 Å². The van der Waals surface area contributed by atoms with E-state index in [1.54, 1.807) is 6.20 Å². The zero-order valence-electron chi connectivity index (χ0n) is 29.1. The van der Waals surface area contributed by atoms with Gasteiger partial charge in [0.05, 0.1) is 16.9 Å². The largest absolute Gasteiger partial charge is 0.341 e. The molecule has 0 aliphatic rings. The quantitative estimate of drug-likeness (QED) is 0.204. The van der Waals surface area contributed by atoms with Crippen molar-refractivity contribution in [1.82, 2.24) is 19.5 Å². The molecule has 4 aromatic heterocycles. The summed E-state index contributed by atoms with van der Waals surface area (Å²) in [6.07, 6.45) is 1.74. The summed E-state index contributed by atoms with van der Waals surface area (Å²) in [4.78, 5) is 13.6. The molecule has 0 aliphatic carbocycles. The molecule has 0 aliphatic heterocycles. The summed E-state index contributed by atoms with van der Waals surface area (Å²) >= 11 is 0. The second-order valence-corrected chi connectivity index (χ2v) is 15.2.